The molecule has 14 heavy (non-hydrogen) atoms. The molecule has 0 spiro atoms. The van der Waals surface area contributed by atoms with Crippen LogP contribution in [0.5, 0.6) is 0 Å². The molecule has 0 N–H and O–H groups in total. The van der Waals surface area contributed by atoms with E-state index in [1.807, 2.05) is 13.0 Å². The topological polar surface area (TPSA) is 56.0 Å². The Hall–Kier alpha value is -1.10. The lowest BCUT2D eigenvalue weighted by molar-refractivity contribution is -0.479. The van der Waals surface area contributed by atoms with E-state index in [9.17, 15) is 10.1 Å². The summed E-state index contributed by atoms with van der Waals surface area (Å²) < 4.78 is 0. The van der Waals surface area contributed by atoms with Crippen LogP contribution in [0.25, 0.3) is 0 Å². The summed E-state index contributed by atoms with van der Waals surface area (Å²) >= 11 is 1.58. The number of thioether (sulfide) groups is 1. The van der Waals surface area contributed by atoms with Crippen LogP contribution in [0, 0.1) is 10.1 Å². The molecule has 1 rings (SSSR count). The van der Waals surface area contributed by atoms with E-state index >= 15 is 0 Å². The van der Waals surface area contributed by atoms with Gasteiger partial charge in [-0.3, -0.25) is 15.1 Å². The predicted molar refractivity (Wildman–Crippen MR) is 57.0 cm³/mol. The smallest absolute Gasteiger partial charge is 0.219 e. The highest BCUT2D eigenvalue weighted by molar-refractivity contribution is 7.99. The van der Waals surface area contributed by atoms with E-state index in [2.05, 4.69) is 4.98 Å². The minimum atomic E-state index is -0.277. The first-order chi connectivity index (χ1) is 6.74. The lowest BCUT2D eigenvalue weighted by Gasteiger charge is -2.10. The lowest BCUT2D eigenvalue weighted by Crippen LogP contribution is -2.10. The maximum Gasteiger partial charge on any atom is 0.219 e. The van der Waals surface area contributed by atoms with E-state index in [-0.39, 0.29) is 16.7 Å². The van der Waals surface area contributed by atoms with E-state index in [1.54, 1.807) is 30.2 Å². The summed E-state index contributed by atoms with van der Waals surface area (Å²) in [4.78, 5) is 14.1. The number of aromatic nitrogens is 1. The Labute approximate surface area is 86.9 Å². The van der Waals surface area contributed by atoms with Gasteiger partial charge in [-0.1, -0.05) is 13.0 Å². The Balaban J connectivity index is 2.72. The quantitative estimate of drug-likeness (QED) is 0.554. The van der Waals surface area contributed by atoms with Crippen molar-refractivity contribution in [3.8, 4) is 0 Å². The minimum absolute atomic E-state index is 0.0375. The van der Waals surface area contributed by atoms with E-state index in [0.717, 1.165) is 11.3 Å². The molecular formula is C9H12N2O2S. The molecule has 0 saturated heterocycles. The van der Waals surface area contributed by atoms with E-state index in [0.29, 0.717) is 0 Å². The van der Waals surface area contributed by atoms with Crippen molar-refractivity contribution in [3.05, 3.63) is 40.2 Å². The Morgan fingerprint density at radius 2 is 2.50 bits per heavy atom. The van der Waals surface area contributed by atoms with Crippen molar-refractivity contribution in [2.24, 2.45) is 0 Å². The fourth-order valence-electron chi connectivity index (χ4n) is 1.16. The van der Waals surface area contributed by atoms with Gasteiger partial charge in [0.15, 0.2) is 0 Å². The first-order valence-corrected chi connectivity index (χ1v) is 5.42. The van der Waals surface area contributed by atoms with Gasteiger partial charge in [0.2, 0.25) is 6.54 Å². The highest BCUT2D eigenvalue weighted by atomic mass is 32.2. The highest BCUT2D eigenvalue weighted by Gasteiger charge is 2.17. The Kier molecular flexibility index (Phi) is 4.39. The molecule has 76 valence electrons. The summed E-state index contributed by atoms with van der Waals surface area (Å²) in [5.74, 6) is 0.868. The van der Waals surface area contributed by atoms with Gasteiger partial charge < -0.3 is 0 Å². The Bertz CT molecular complexity index is 292. The van der Waals surface area contributed by atoms with Gasteiger partial charge in [0.1, 0.15) is 0 Å². The van der Waals surface area contributed by atoms with Crippen LogP contribution in [-0.2, 0) is 0 Å². The molecule has 0 saturated carbocycles. The molecule has 0 aliphatic rings. The molecule has 1 aromatic heterocycles. The van der Waals surface area contributed by atoms with Gasteiger partial charge in [-0.05, 0) is 17.4 Å². The maximum atomic E-state index is 10.4. The van der Waals surface area contributed by atoms with Gasteiger partial charge in [-0.2, -0.15) is 0 Å². The average molecular weight is 212 g/mol. The molecule has 0 radical (unpaired) electrons. The van der Waals surface area contributed by atoms with Gasteiger partial charge in [-0.25, -0.2) is 0 Å². The molecule has 1 heterocycles. The van der Waals surface area contributed by atoms with Gasteiger partial charge in [-0.15, -0.1) is 11.8 Å². The first kappa shape index (κ1) is 11.0. The third-order valence-electron chi connectivity index (χ3n) is 1.74. The zero-order chi connectivity index (χ0) is 10.4. The SMILES string of the molecule is CCSC(C[N+](=O)[O-])c1cccnc1. The third-order valence-corrected chi connectivity index (χ3v) is 2.90. The van der Waals surface area contributed by atoms with Gasteiger partial charge in [0.05, 0.1) is 5.25 Å². The number of hydrogen-bond donors (Lipinski definition) is 0. The molecule has 0 aliphatic heterocycles. The summed E-state index contributed by atoms with van der Waals surface area (Å²) in [7, 11) is 0. The van der Waals surface area contributed by atoms with Crippen LogP contribution in [0.1, 0.15) is 17.7 Å². The fraction of sp³-hybridized carbons (Fsp3) is 0.444. The van der Waals surface area contributed by atoms with Gasteiger partial charge in [0, 0.05) is 17.3 Å². The van der Waals surface area contributed by atoms with Crippen LogP contribution in [-0.4, -0.2) is 22.2 Å². The van der Waals surface area contributed by atoms with Crippen LogP contribution in [0.2, 0.25) is 0 Å². The van der Waals surface area contributed by atoms with Gasteiger partial charge >= 0.3 is 0 Å². The van der Waals surface area contributed by atoms with E-state index in [4.69, 9.17) is 0 Å². The number of hydrogen-bond acceptors (Lipinski definition) is 4. The first-order valence-electron chi connectivity index (χ1n) is 4.37. The molecule has 0 bridgehead atoms. The summed E-state index contributed by atoms with van der Waals surface area (Å²) in [6.45, 7) is 1.96. The van der Waals surface area contributed by atoms with Crippen molar-refractivity contribution < 1.29 is 4.92 Å². The molecule has 1 aromatic rings. The predicted octanol–water partition coefficient (Wildman–Crippen LogP) is 2.15. The minimum Gasteiger partial charge on any atom is -0.264 e. The zero-order valence-electron chi connectivity index (χ0n) is 7.92. The van der Waals surface area contributed by atoms with Crippen molar-refractivity contribution in [2.75, 3.05) is 12.3 Å². The third kappa shape index (κ3) is 3.33. The fourth-order valence-corrected chi connectivity index (χ4v) is 2.12. The normalized spacial score (nSPS) is 12.4. The number of rotatable bonds is 5. The summed E-state index contributed by atoms with van der Waals surface area (Å²) in [5, 5.41) is 10.3. The van der Waals surface area contributed by atoms with Crippen molar-refractivity contribution in [1.29, 1.82) is 0 Å². The van der Waals surface area contributed by atoms with Crippen LogP contribution in [0.4, 0.5) is 0 Å². The van der Waals surface area contributed by atoms with Crippen molar-refractivity contribution in [2.45, 2.75) is 12.2 Å². The molecule has 5 heteroatoms. The molecule has 0 aliphatic carbocycles. The molecular weight excluding hydrogens is 200 g/mol. The second kappa shape index (κ2) is 5.59. The maximum absolute atomic E-state index is 10.4. The molecule has 0 fully saturated rings. The monoisotopic (exact) mass is 212 g/mol. The molecule has 0 amide bonds. The lowest BCUT2D eigenvalue weighted by atomic mass is 10.2. The summed E-state index contributed by atoms with van der Waals surface area (Å²) in [6.07, 6.45) is 3.36. The molecule has 0 aromatic carbocycles. The van der Waals surface area contributed by atoms with E-state index in [1.165, 1.54) is 0 Å². The second-order valence-corrected chi connectivity index (χ2v) is 4.23. The summed E-state index contributed by atoms with van der Waals surface area (Å²) in [5.41, 5.74) is 0.927. The van der Waals surface area contributed by atoms with Crippen molar-refractivity contribution >= 4 is 11.8 Å². The highest BCUT2D eigenvalue weighted by Crippen LogP contribution is 2.27. The number of nitro groups is 1. The van der Waals surface area contributed by atoms with Gasteiger partial charge in [0.25, 0.3) is 0 Å². The number of nitrogens with zero attached hydrogens (tertiary/aromatic N) is 2. The Morgan fingerprint density at radius 1 is 1.71 bits per heavy atom. The largest absolute Gasteiger partial charge is 0.264 e. The van der Waals surface area contributed by atoms with Crippen LogP contribution in [0.15, 0.2) is 24.5 Å². The number of pyridine rings is 1. The molecule has 1 atom stereocenters. The van der Waals surface area contributed by atoms with Crippen LogP contribution in [0.3, 0.4) is 0 Å². The second-order valence-electron chi connectivity index (χ2n) is 2.75. The summed E-state index contributed by atoms with van der Waals surface area (Å²) in [6, 6.07) is 3.68. The van der Waals surface area contributed by atoms with Crippen LogP contribution >= 0.6 is 11.8 Å². The Morgan fingerprint density at radius 3 is 3.00 bits per heavy atom. The van der Waals surface area contributed by atoms with Crippen molar-refractivity contribution in [3.63, 3.8) is 0 Å². The van der Waals surface area contributed by atoms with E-state index < -0.39 is 0 Å². The van der Waals surface area contributed by atoms with Crippen molar-refractivity contribution in [1.82, 2.24) is 4.98 Å². The standard InChI is InChI=1S/C9H12N2O2S/c1-2-14-9(7-11(12)13)8-4-3-5-10-6-8/h3-6,9H,2,7H2,1H3. The molecule has 4 nitrogen and oxygen atoms in total. The molecule has 1 unspecified atom stereocenters. The zero-order valence-corrected chi connectivity index (χ0v) is 8.74. The van der Waals surface area contributed by atoms with Crippen LogP contribution < -0.4 is 0 Å². The average Bonchev–Trinajstić information content (AvgIpc) is 2.18.